The van der Waals surface area contributed by atoms with Gasteiger partial charge in [0.2, 0.25) is 0 Å². The summed E-state index contributed by atoms with van der Waals surface area (Å²) < 4.78 is 4.83. The van der Waals surface area contributed by atoms with Crippen LogP contribution in [-0.2, 0) is 9.53 Å². The van der Waals surface area contributed by atoms with Crippen LogP contribution in [0.3, 0.4) is 0 Å². The van der Waals surface area contributed by atoms with E-state index in [0.29, 0.717) is 0 Å². The molecule has 0 radical (unpaired) electrons. The van der Waals surface area contributed by atoms with Crippen molar-refractivity contribution in [2.75, 3.05) is 6.61 Å². The Morgan fingerprint density at radius 1 is 1.47 bits per heavy atom. The smallest absolute Gasteiger partial charge is 0.407 e. The largest absolute Gasteiger partial charge is 0.481 e. The van der Waals surface area contributed by atoms with Crippen LogP contribution in [0.1, 0.15) is 32.1 Å². The molecule has 5 heteroatoms. The molecule has 1 amide bonds. The Balaban J connectivity index is 2.31. The third-order valence-electron chi connectivity index (χ3n) is 2.90. The van der Waals surface area contributed by atoms with E-state index in [0.717, 1.165) is 25.7 Å². The van der Waals surface area contributed by atoms with Crippen molar-refractivity contribution in [3.05, 3.63) is 12.7 Å². The molecule has 2 atom stereocenters. The van der Waals surface area contributed by atoms with Gasteiger partial charge in [-0.2, -0.15) is 0 Å². The van der Waals surface area contributed by atoms with Crippen LogP contribution in [0.25, 0.3) is 0 Å². The van der Waals surface area contributed by atoms with Crippen molar-refractivity contribution in [2.45, 2.75) is 38.1 Å². The SMILES string of the molecule is C=CCOC(=O)NC1CCCC(CC(=O)O)C1. The number of ether oxygens (including phenoxy) is 1. The van der Waals surface area contributed by atoms with Crippen LogP contribution < -0.4 is 5.32 Å². The summed E-state index contributed by atoms with van der Waals surface area (Å²) in [4.78, 5) is 21.9. The number of carboxylic acids is 1. The zero-order valence-corrected chi connectivity index (χ0v) is 9.85. The zero-order chi connectivity index (χ0) is 12.7. The molecule has 1 rings (SSSR count). The van der Waals surface area contributed by atoms with Gasteiger partial charge in [0.05, 0.1) is 0 Å². The lowest BCUT2D eigenvalue weighted by Gasteiger charge is -2.28. The van der Waals surface area contributed by atoms with Crippen molar-refractivity contribution in [1.82, 2.24) is 5.32 Å². The molecular weight excluding hydrogens is 222 g/mol. The minimum atomic E-state index is -0.773. The van der Waals surface area contributed by atoms with Crippen LogP contribution in [0.5, 0.6) is 0 Å². The second-order valence-corrected chi connectivity index (χ2v) is 4.36. The van der Waals surface area contributed by atoms with Crippen LogP contribution in [0, 0.1) is 5.92 Å². The van der Waals surface area contributed by atoms with E-state index >= 15 is 0 Å². The molecule has 0 bridgehead atoms. The van der Waals surface area contributed by atoms with Gasteiger partial charge in [-0.15, -0.1) is 0 Å². The maximum Gasteiger partial charge on any atom is 0.407 e. The molecular formula is C12H19NO4. The molecule has 1 aliphatic rings. The highest BCUT2D eigenvalue weighted by molar-refractivity contribution is 5.68. The average molecular weight is 241 g/mol. The maximum atomic E-state index is 11.3. The van der Waals surface area contributed by atoms with Crippen LogP contribution in [0.4, 0.5) is 4.79 Å². The molecule has 17 heavy (non-hydrogen) atoms. The van der Waals surface area contributed by atoms with Crippen molar-refractivity contribution in [1.29, 1.82) is 0 Å². The van der Waals surface area contributed by atoms with Crippen LogP contribution in [0.2, 0.25) is 0 Å². The Kier molecular flexibility index (Phi) is 5.52. The van der Waals surface area contributed by atoms with Gasteiger partial charge in [-0.25, -0.2) is 4.79 Å². The molecule has 96 valence electrons. The Labute approximate surface area is 101 Å². The van der Waals surface area contributed by atoms with E-state index in [9.17, 15) is 9.59 Å². The van der Waals surface area contributed by atoms with Gasteiger partial charge in [-0.3, -0.25) is 4.79 Å². The number of carboxylic acid groups (broad SMARTS) is 1. The van der Waals surface area contributed by atoms with Crippen molar-refractivity contribution < 1.29 is 19.4 Å². The molecule has 0 aliphatic heterocycles. The number of rotatable bonds is 5. The molecule has 1 fully saturated rings. The Morgan fingerprint density at radius 2 is 2.24 bits per heavy atom. The number of aliphatic carboxylic acids is 1. The lowest BCUT2D eigenvalue weighted by atomic mass is 9.84. The highest BCUT2D eigenvalue weighted by Crippen LogP contribution is 2.26. The minimum absolute atomic E-state index is 0.0328. The van der Waals surface area contributed by atoms with Crippen molar-refractivity contribution in [3.63, 3.8) is 0 Å². The first-order valence-corrected chi connectivity index (χ1v) is 5.87. The third-order valence-corrected chi connectivity index (χ3v) is 2.90. The van der Waals surface area contributed by atoms with Crippen molar-refractivity contribution in [2.24, 2.45) is 5.92 Å². The lowest BCUT2D eigenvalue weighted by Crippen LogP contribution is -2.39. The summed E-state index contributed by atoms with van der Waals surface area (Å²) in [5, 5.41) is 11.5. The molecule has 0 aromatic heterocycles. The molecule has 2 unspecified atom stereocenters. The normalized spacial score (nSPS) is 23.8. The van der Waals surface area contributed by atoms with Gasteiger partial charge in [-0.1, -0.05) is 19.1 Å². The summed E-state index contributed by atoms with van der Waals surface area (Å²) in [5.74, 6) is -0.615. The van der Waals surface area contributed by atoms with Crippen LogP contribution in [0.15, 0.2) is 12.7 Å². The summed E-state index contributed by atoms with van der Waals surface area (Å²) in [6.07, 6.45) is 4.71. The molecule has 0 aromatic rings. The molecule has 0 aromatic carbocycles. The molecule has 0 spiro atoms. The standard InChI is InChI=1S/C12H19NO4/c1-2-6-17-12(16)13-10-5-3-4-9(7-10)8-11(14)15/h2,9-10H,1,3-8H2,(H,13,16)(H,14,15). The van der Waals surface area contributed by atoms with Gasteiger partial charge in [0, 0.05) is 12.5 Å². The number of amides is 1. The molecule has 1 saturated carbocycles. The number of hydrogen-bond acceptors (Lipinski definition) is 3. The van der Waals surface area contributed by atoms with E-state index < -0.39 is 12.1 Å². The zero-order valence-electron chi connectivity index (χ0n) is 9.85. The second-order valence-electron chi connectivity index (χ2n) is 4.36. The fourth-order valence-electron chi connectivity index (χ4n) is 2.20. The highest BCUT2D eigenvalue weighted by Gasteiger charge is 2.25. The number of carbonyl (C=O) groups is 2. The predicted octanol–water partition coefficient (Wildman–Crippen LogP) is 1.93. The first kappa shape index (κ1) is 13.5. The van der Waals surface area contributed by atoms with E-state index in [1.54, 1.807) is 0 Å². The number of carbonyl (C=O) groups excluding carboxylic acids is 1. The minimum Gasteiger partial charge on any atom is -0.481 e. The highest BCUT2D eigenvalue weighted by atomic mass is 16.5. The monoisotopic (exact) mass is 241 g/mol. The predicted molar refractivity (Wildman–Crippen MR) is 62.7 cm³/mol. The second kappa shape index (κ2) is 6.93. The van der Waals surface area contributed by atoms with Gasteiger partial charge in [-0.05, 0) is 25.2 Å². The molecule has 2 N–H and O–H groups in total. The summed E-state index contributed by atoms with van der Waals surface area (Å²) >= 11 is 0. The first-order valence-electron chi connectivity index (χ1n) is 5.87. The van der Waals surface area contributed by atoms with E-state index in [-0.39, 0.29) is 25.0 Å². The van der Waals surface area contributed by atoms with Crippen LogP contribution >= 0.6 is 0 Å². The molecule has 5 nitrogen and oxygen atoms in total. The average Bonchev–Trinajstić information content (AvgIpc) is 2.26. The Morgan fingerprint density at radius 3 is 2.88 bits per heavy atom. The first-order chi connectivity index (χ1) is 8.11. The third kappa shape index (κ3) is 5.38. The van der Waals surface area contributed by atoms with Gasteiger partial charge < -0.3 is 15.2 Å². The topological polar surface area (TPSA) is 75.6 Å². The fourth-order valence-corrected chi connectivity index (χ4v) is 2.20. The van der Waals surface area contributed by atoms with Gasteiger partial charge in [0.1, 0.15) is 6.61 Å². The Hall–Kier alpha value is -1.52. The van der Waals surface area contributed by atoms with E-state index in [4.69, 9.17) is 9.84 Å². The quantitative estimate of drug-likeness (QED) is 0.721. The van der Waals surface area contributed by atoms with Gasteiger partial charge >= 0.3 is 12.1 Å². The maximum absolute atomic E-state index is 11.3. The Bertz CT molecular complexity index is 290. The van der Waals surface area contributed by atoms with E-state index in [1.807, 2.05) is 0 Å². The fraction of sp³-hybridized carbons (Fsp3) is 0.667. The molecule has 0 heterocycles. The van der Waals surface area contributed by atoms with Crippen molar-refractivity contribution in [3.8, 4) is 0 Å². The van der Waals surface area contributed by atoms with Crippen molar-refractivity contribution >= 4 is 12.1 Å². The van der Waals surface area contributed by atoms with Crippen LogP contribution in [-0.4, -0.2) is 29.8 Å². The number of alkyl carbamates (subject to hydrolysis) is 1. The summed E-state index contributed by atoms with van der Waals surface area (Å²) in [6.45, 7) is 3.65. The lowest BCUT2D eigenvalue weighted by molar-refractivity contribution is -0.138. The molecule has 1 aliphatic carbocycles. The van der Waals surface area contributed by atoms with E-state index in [1.165, 1.54) is 6.08 Å². The molecule has 0 saturated heterocycles. The number of nitrogens with one attached hydrogen (secondary N) is 1. The summed E-state index contributed by atoms with van der Waals surface area (Å²) in [6, 6.07) is 0.0328. The summed E-state index contributed by atoms with van der Waals surface area (Å²) in [5.41, 5.74) is 0. The van der Waals surface area contributed by atoms with Gasteiger partial charge in [0.15, 0.2) is 0 Å². The number of hydrogen-bond donors (Lipinski definition) is 2. The summed E-state index contributed by atoms with van der Waals surface area (Å²) in [7, 11) is 0. The van der Waals surface area contributed by atoms with E-state index in [2.05, 4.69) is 11.9 Å². The van der Waals surface area contributed by atoms with Gasteiger partial charge in [0.25, 0.3) is 0 Å².